The third kappa shape index (κ3) is 2.44. The fraction of sp³-hybridized carbons (Fsp3) is 0.0588. The van der Waals surface area contributed by atoms with Crippen molar-refractivity contribution in [2.24, 2.45) is 12.8 Å². The van der Waals surface area contributed by atoms with Gasteiger partial charge in [0.2, 0.25) is 5.91 Å². The normalized spacial score (nSPS) is 10.6. The Labute approximate surface area is 127 Å². The lowest BCUT2D eigenvalue weighted by molar-refractivity contribution is 0.0997. The van der Waals surface area contributed by atoms with Crippen LogP contribution < -0.4 is 11.1 Å². The van der Waals surface area contributed by atoms with E-state index in [0.717, 1.165) is 10.9 Å². The number of fused-ring (bicyclic) bond motifs is 1. The van der Waals surface area contributed by atoms with Gasteiger partial charge in [0.15, 0.2) is 0 Å². The average Bonchev–Trinajstić information content (AvgIpc) is 2.85. The van der Waals surface area contributed by atoms with Gasteiger partial charge in [0.25, 0.3) is 5.91 Å². The number of rotatable bonds is 3. The third-order valence-electron chi connectivity index (χ3n) is 3.61. The number of nitrogens with two attached hydrogens (primary N) is 1. The molecule has 0 aliphatic rings. The summed E-state index contributed by atoms with van der Waals surface area (Å²) in [5, 5.41) is 3.83. The predicted octanol–water partition coefficient (Wildman–Crippen LogP) is 2.53. The predicted molar refractivity (Wildman–Crippen MR) is 85.8 cm³/mol. The second kappa shape index (κ2) is 5.37. The lowest BCUT2D eigenvalue weighted by Crippen LogP contribution is -2.16. The number of hydrogen-bond acceptors (Lipinski definition) is 2. The minimum absolute atomic E-state index is 0.203. The van der Waals surface area contributed by atoms with Gasteiger partial charge in [-0.25, -0.2) is 0 Å². The van der Waals surface area contributed by atoms with Crippen molar-refractivity contribution in [1.29, 1.82) is 0 Å². The number of benzene rings is 2. The fourth-order valence-corrected chi connectivity index (χ4v) is 2.42. The van der Waals surface area contributed by atoms with Crippen LogP contribution in [0.3, 0.4) is 0 Å². The molecule has 2 amide bonds. The van der Waals surface area contributed by atoms with E-state index in [4.69, 9.17) is 5.73 Å². The summed E-state index contributed by atoms with van der Waals surface area (Å²) in [5.74, 6) is -0.697. The summed E-state index contributed by atoms with van der Waals surface area (Å²) in [6.45, 7) is 0. The molecule has 2 aromatic carbocycles. The monoisotopic (exact) mass is 293 g/mol. The Kier molecular flexibility index (Phi) is 3.39. The van der Waals surface area contributed by atoms with Gasteiger partial charge in [-0.2, -0.15) is 0 Å². The molecular weight excluding hydrogens is 278 g/mol. The van der Waals surface area contributed by atoms with E-state index in [0.29, 0.717) is 16.9 Å². The minimum atomic E-state index is -0.494. The first kappa shape index (κ1) is 13.9. The summed E-state index contributed by atoms with van der Waals surface area (Å²) in [5.41, 5.74) is 7.77. The summed E-state index contributed by atoms with van der Waals surface area (Å²) < 4.78 is 1.85. The SMILES string of the molecule is Cn1c(C(=O)Nc2ccc(C(N)=O)cc2)cc2ccccc21. The molecule has 1 heterocycles. The van der Waals surface area contributed by atoms with E-state index in [9.17, 15) is 9.59 Å². The maximum Gasteiger partial charge on any atom is 0.272 e. The van der Waals surface area contributed by atoms with Crippen molar-refractivity contribution in [2.45, 2.75) is 0 Å². The molecule has 3 rings (SSSR count). The second-order valence-corrected chi connectivity index (χ2v) is 5.04. The van der Waals surface area contributed by atoms with Gasteiger partial charge in [-0.05, 0) is 36.4 Å². The lowest BCUT2D eigenvalue weighted by atomic mass is 10.2. The number of para-hydroxylation sites is 1. The highest BCUT2D eigenvalue weighted by Gasteiger charge is 2.13. The van der Waals surface area contributed by atoms with E-state index in [2.05, 4.69) is 5.32 Å². The number of amides is 2. The van der Waals surface area contributed by atoms with Gasteiger partial charge in [-0.1, -0.05) is 18.2 Å². The van der Waals surface area contributed by atoms with Crippen LogP contribution in [0.25, 0.3) is 10.9 Å². The summed E-state index contributed by atoms with van der Waals surface area (Å²) in [7, 11) is 1.85. The van der Waals surface area contributed by atoms with Gasteiger partial charge >= 0.3 is 0 Å². The highest BCUT2D eigenvalue weighted by atomic mass is 16.2. The Hall–Kier alpha value is -3.08. The minimum Gasteiger partial charge on any atom is -0.366 e. The Morgan fingerprint density at radius 2 is 1.73 bits per heavy atom. The maximum absolute atomic E-state index is 12.4. The second-order valence-electron chi connectivity index (χ2n) is 5.04. The van der Waals surface area contributed by atoms with Crippen LogP contribution in [0.2, 0.25) is 0 Å². The molecule has 0 saturated heterocycles. The molecule has 3 aromatic rings. The van der Waals surface area contributed by atoms with Crippen molar-refractivity contribution < 1.29 is 9.59 Å². The Morgan fingerprint density at radius 3 is 2.36 bits per heavy atom. The number of carbonyl (C=O) groups excluding carboxylic acids is 2. The van der Waals surface area contributed by atoms with Crippen LogP contribution in [0, 0.1) is 0 Å². The number of aryl methyl sites for hydroxylation is 1. The number of hydrogen-bond donors (Lipinski definition) is 2. The first-order valence-corrected chi connectivity index (χ1v) is 6.82. The van der Waals surface area contributed by atoms with Crippen molar-refractivity contribution in [1.82, 2.24) is 4.57 Å². The van der Waals surface area contributed by atoms with Crippen LogP contribution in [0.5, 0.6) is 0 Å². The molecule has 1 aromatic heterocycles. The van der Waals surface area contributed by atoms with Crippen LogP contribution in [0.4, 0.5) is 5.69 Å². The molecule has 0 bridgehead atoms. The van der Waals surface area contributed by atoms with E-state index >= 15 is 0 Å². The lowest BCUT2D eigenvalue weighted by Gasteiger charge is -2.07. The van der Waals surface area contributed by atoms with Crippen LogP contribution in [-0.4, -0.2) is 16.4 Å². The Bertz CT molecular complexity index is 863. The molecule has 0 atom stereocenters. The van der Waals surface area contributed by atoms with Crippen molar-refractivity contribution in [3.63, 3.8) is 0 Å². The third-order valence-corrected chi connectivity index (χ3v) is 3.61. The summed E-state index contributed by atoms with van der Waals surface area (Å²) in [6, 6.07) is 16.1. The zero-order valence-electron chi connectivity index (χ0n) is 12.0. The van der Waals surface area contributed by atoms with E-state index in [1.807, 2.05) is 41.9 Å². The zero-order chi connectivity index (χ0) is 15.7. The van der Waals surface area contributed by atoms with Crippen molar-refractivity contribution in [2.75, 3.05) is 5.32 Å². The van der Waals surface area contributed by atoms with Crippen LogP contribution in [-0.2, 0) is 7.05 Å². The summed E-state index contributed by atoms with van der Waals surface area (Å²) >= 11 is 0. The smallest absolute Gasteiger partial charge is 0.272 e. The molecule has 0 aliphatic heterocycles. The molecule has 22 heavy (non-hydrogen) atoms. The molecule has 110 valence electrons. The first-order chi connectivity index (χ1) is 10.6. The van der Waals surface area contributed by atoms with E-state index in [1.54, 1.807) is 24.3 Å². The van der Waals surface area contributed by atoms with Gasteiger partial charge < -0.3 is 15.6 Å². The molecule has 5 heteroatoms. The zero-order valence-corrected chi connectivity index (χ0v) is 12.0. The Morgan fingerprint density at radius 1 is 1.05 bits per heavy atom. The maximum atomic E-state index is 12.4. The summed E-state index contributed by atoms with van der Waals surface area (Å²) in [6.07, 6.45) is 0. The molecule has 0 radical (unpaired) electrons. The van der Waals surface area contributed by atoms with E-state index < -0.39 is 5.91 Å². The number of nitrogens with one attached hydrogen (secondary N) is 1. The number of carbonyl (C=O) groups is 2. The summed E-state index contributed by atoms with van der Waals surface area (Å²) in [4.78, 5) is 23.4. The number of nitrogens with zero attached hydrogens (tertiary/aromatic N) is 1. The van der Waals surface area contributed by atoms with Gasteiger partial charge in [0.1, 0.15) is 5.69 Å². The molecule has 5 nitrogen and oxygen atoms in total. The van der Waals surface area contributed by atoms with Crippen molar-refractivity contribution in [3.8, 4) is 0 Å². The number of anilines is 1. The first-order valence-electron chi connectivity index (χ1n) is 6.82. The number of primary amides is 1. The van der Waals surface area contributed by atoms with E-state index in [1.165, 1.54) is 0 Å². The molecule has 0 fully saturated rings. The fourth-order valence-electron chi connectivity index (χ4n) is 2.42. The van der Waals surface area contributed by atoms with Gasteiger partial charge in [0.05, 0.1) is 0 Å². The Balaban J connectivity index is 1.87. The highest BCUT2D eigenvalue weighted by Crippen LogP contribution is 2.19. The standard InChI is InChI=1S/C17H15N3O2/c1-20-14-5-3-2-4-12(14)10-15(20)17(22)19-13-8-6-11(7-9-13)16(18)21/h2-10H,1H3,(H2,18,21)(H,19,22). The molecule has 0 saturated carbocycles. The van der Waals surface area contributed by atoms with Gasteiger partial charge in [-0.15, -0.1) is 0 Å². The highest BCUT2D eigenvalue weighted by molar-refractivity contribution is 6.06. The van der Waals surface area contributed by atoms with Crippen LogP contribution in [0.15, 0.2) is 54.6 Å². The van der Waals surface area contributed by atoms with Crippen molar-refractivity contribution >= 4 is 28.4 Å². The molecular formula is C17H15N3O2. The topological polar surface area (TPSA) is 77.1 Å². The molecule has 3 N–H and O–H groups in total. The molecule has 0 unspecified atom stereocenters. The molecule has 0 aliphatic carbocycles. The van der Waals surface area contributed by atoms with Crippen LogP contribution >= 0.6 is 0 Å². The van der Waals surface area contributed by atoms with Gasteiger partial charge in [0, 0.05) is 29.2 Å². The quantitative estimate of drug-likeness (QED) is 0.778. The molecule has 0 spiro atoms. The van der Waals surface area contributed by atoms with Crippen LogP contribution in [0.1, 0.15) is 20.8 Å². The average molecular weight is 293 g/mol. The van der Waals surface area contributed by atoms with E-state index in [-0.39, 0.29) is 5.91 Å². The largest absolute Gasteiger partial charge is 0.366 e. The van der Waals surface area contributed by atoms with Crippen molar-refractivity contribution in [3.05, 3.63) is 65.9 Å². The number of aromatic nitrogens is 1. The van der Waals surface area contributed by atoms with Gasteiger partial charge in [-0.3, -0.25) is 9.59 Å².